The zero-order valence-corrected chi connectivity index (χ0v) is 17.0. The largest absolute Gasteiger partial charge is 0.339 e. The highest BCUT2D eigenvalue weighted by Gasteiger charge is 2.24. The molecule has 144 valence electrons. The van der Waals surface area contributed by atoms with Crippen molar-refractivity contribution in [2.24, 2.45) is 0 Å². The fourth-order valence-corrected chi connectivity index (χ4v) is 4.47. The van der Waals surface area contributed by atoms with Gasteiger partial charge in [0.1, 0.15) is 0 Å². The van der Waals surface area contributed by atoms with Gasteiger partial charge in [-0.05, 0) is 74.6 Å². The molecule has 0 saturated carbocycles. The molecular weight excluding hydrogens is 384 g/mol. The van der Waals surface area contributed by atoms with Crippen LogP contribution in [0.4, 0.5) is 5.69 Å². The maximum atomic E-state index is 12.9. The number of benzene rings is 2. The second-order valence-corrected chi connectivity index (χ2v) is 9.01. The van der Waals surface area contributed by atoms with Crippen LogP contribution in [-0.2, 0) is 10.0 Å². The molecule has 0 aliphatic carbocycles. The Morgan fingerprint density at radius 2 is 1.70 bits per heavy atom. The molecule has 1 amide bonds. The summed E-state index contributed by atoms with van der Waals surface area (Å²) in [7, 11) is -3.84. The van der Waals surface area contributed by atoms with Crippen LogP contribution >= 0.6 is 11.6 Å². The van der Waals surface area contributed by atoms with E-state index in [1.54, 1.807) is 35.2 Å². The molecule has 1 fully saturated rings. The maximum Gasteiger partial charge on any atom is 0.261 e. The van der Waals surface area contributed by atoms with E-state index in [1.165, 1.54) is 6.07 Å². The number of sulfonamides is 1. The third-order valence-corrected chi connectivity index (χ3v) is 6.49. The lowest BCUT2D eigenvalue weighted by molar-refractivity contribution is 0.0725. The van der Waals surface area contributed by atoms with E-state index in [4.69, 9.17) is 11.6 Å². The maximum absolute atomic E-state index is 12.9. The summed E-state index contributed by atoms with van der Waals surface area (Å²) in [5.41, 5.74) is 2.41. The van der Waals surface area contributed by atoms with E-state index in [-0.39, 0.29) is 16.5 Å². The highest BCUT2D eigenvalue weighted by atomic mass is 35.5. The van der Waals surface area contributed by atoms with Gasteiger partial charge >= 0.3 is 0 Å². The third-order valence-electron chi connectivity index (χ3n) is 4.89. The van der Waals surface area contributed by atoms with E-state index >= 15 is 0 Å². The summed E-state index contributed by atoms with van der Waals surface area (Å²) in [5, 5.41) is 0.364. The minimum absolute atomic E-state index is 0.155. The van der Waals surface area contributed by atoms with E-state index in [9.17, 15) is 13.2 Å². The van der Waals surface area contributed by atoms with Crippen molar-refractivity contribution in [1.82, 2.24) is 4.90 Å². The van der Waals surface area contributed by atoms with Gasteiger partial charge in [0, 0.05) is 18.1 Å². The van der Waals surface area contributed by atoms with Crippen LogP contribution in [0.15, 0.2) is 41.3 Å². The van der Waals surface area contributed by atoms with Gasteiger partial charge in [-0.15, -0.1) is 0 Å². The molecule has 3 rings (SSSR count). The molecule has 2 aromatic rings. The topological polar surface area (TPSA) is 66.5 Å². The number of nitrogens with one attached hydrogen (secondary N) is 1. The monoisotopic (exact) mass is 406 g/mol. The van der Waals surface area contributed by atoms with Gasteiger partial charge in [0.2, 0.25) is 0 Å². The lowest BCUT2D eigenvalue weighted by Gasteiger charge is -2.27. The van der Waals surface area contributed by atoms with Gasteiger partial charge in [-0.3, -0.25) is 9.52 Å². The fourth-order valence-electron chi connectivity index (χ4n) is 3.14. The minimum Gasteiger partial charge on any atom is -0.339 e. The van der Waals surface area contributed by atoms with Crippen molar-refractivity contribution in [1.29, 1.82) is 0 Å². The Kier molecular flexibility index (Phi) is 5.77. The van der Waals surface area contributed by atoms with Crippen LogP contribution in [0, 0.1) is 13.8 Å². The van der Waals surface area contributed by atoms with Crippen molar-refractivity contribution in [2.45, 2.75) is 38.0 Å². The molecule has 0 radical (unpaired) electrons. The molecule has 0 atom stereocenters. The van der Waals surface area contributed by atoms with Gasteiger partial charge in [0.25, 0.3) is 15.9 Å². The van der Waals surface area contributed by atoms with Crippen molar-refractivity contribution in [3.05, 3.63) is 58.1 Å². The number of nitrogens with zero attached hydrogens (tertiary/aromatic N) is 1. The van der Waals surface area contributed by atoms with Gasteiger partial charge in [-0.1, -0.05) is 17.7 Å². The zero-order chi connectivity index (χ0) is 19.6. The van der Waals surface area contributed by atoms with Crippen LogP contribution < -0.4 is 4.72 Å². The van der Waals surface area contributed by atoms with Gasteiger partial charge < -0.3 is 4.90 Å². The summed E-state index contributed by atoms with van der Waals surface area (Å²) >= 11 is 6.07. The van der Waals surface area contributed by atoms with Crippen LogP contribution in [0.3, 0.4) is 0 Å². The van der Waals surface area contributed by atoms with Crippen LogP contribution in [-0.4, -0.2) is 32.3 Å². The minimum atomic E-state index is -3.84. The molecule has 7 heteroatoms. The number of anilines is 1. The van der Waals surface area contributed by atoms with Crippen LogP contribution in [0.25, 0.3) is 0 Å². The number of hydrogen-bond donors (Lipinski definition) is 1. The van der Waals surface area contributed by atoms with Gasteiger partial charge in [-0.25, -0.2) is 8.42 Å². The number of carbonyl (C=O) groups is 1. The summed E-state index contributed by atoms with van der Waals surface area (Å²) < 4.78 is 28.2. The van der Waals surface area contributed by atoms with Crippen molar-refractivity contribution in [3.63, 3.8) is 0 Å². The number of aryl methyl sites for hydroxylation is 2. The quantitative estimate of drug-likeness (QED) is 0.819. The summed E-state index contributed by atoms with van der Waals surface area (Å²) in [6, 6.07) is 9.61. The van der Waals surface area contributed by atoms with E-state index < -0.39 is 10.0 Å². The van der Waals surface area contributed by atoms with Crippen LogP contribution in [0.1, 0.15) is 40.7 Å². The Balaban J connectivity index is 1.94. The summed E-state index contributed by atoms with van der Waals surface area (Å²) in [4.78, 5) is 14.8. The summed E-state index contributed by atoms with van der Waals surface area (Å²) in [6.45, 7) is 5.15. The molecule has 1 aliphatic rings. The summed E-state index contributed by atoms with van der Waals surface area (Å²) in [5.74, 6) is -0.177. The van der Waals surface area contributed by atoms with E-state index in [1.807, 2.05) is 13.8 Å². The average molecular weight is 407 g/mol. The van der Waals surface area contributed by atoms with E-state index in [0.29, 0.717) is 23.7 Å². The fraction of sp³-hybridized carbons (Fsp3) is 0.350. The van der Waals surface area contributed by atoms with Crippen LogP contribution in [0.2, 0.25) is 5.02 Å². The molecule has 1 aliphatic heterocycles. The first-order valence-corrected chi connectivity index (χ1v) is 10.8. The number of halogens is 1. The van der Waals surface area contributed by atoms with Crippen molar-refractivity contribution < 1.29 is 13.2 Å². The molecule has 2 aromatic carbocycles. The smallest absolute Gasteiger partial charge is 0.261 e. The van der Waals surface area contributed by atoms with Gasteiger partial charge in [-0.2, -0.15) is 0 Å². The predicted octanol–water partition coefficient (Wildman–Crippen LogP) is 4.38. The number of likely N-dealkylation sites (tertiary alicyclic amines) is 1. The lowest BCUT2D eigenvalue weighted by atomic mass is 10.1. The lowest BCUT2D eigenvalue weighted by Crippen LogP contribution is -2.36. The molecule has 5 nitrogen and oxygen atoms in total. The molecule has 1 saturated heterocycles. The Bertz CT molecular complexity index is 967. The van der Waals surface area contributed by atoms with Crippen LogP contribution in [0.5, 0.6) is 0 Å². The molecule has 0 spiro atoms. The van der Waals surface area contributed by atoms with Crippen molar-refractivity contribution in [3.8, 4) is 0 Å². The highest BCUT2D eigenvalue weighted by Crippen LogP contribution is 2.27. The Hall–Kier alpha value is -2.05. The van der Waals surface area contributed by atoms with E-state index in [2.05, 4.69) is 4.72 Å². The average Bonchev–Trinajstić information content (AvgIpc) is 2.64. The first-order valence-electron chi connectivity index (χ1n) is 8.97. The number of hydrogen-bond acceptors (Lipinski definition) is 3. The molecule has 1 N–H and O–H groups in total. The third kappa shape index (κ3) is 4.45. The highest BCUT2D eigenvalue weighted by molar-refractivity contribution is 7.92. The standard InChI is InChI=1S/C20H23ClN2O3S/c1-14-6-8-17(12-15(14)2)27(25,26)22-19-13-16(21)7-9-18(19)20(24)23-10-4-3-5-11-23/h6-9,12-13,22H,3-5,10-11H2,1-2H3. The number of rotatable bonds is 4. The molecule has 0 unspecified atom stereocenters. The number of piperidine rings is 1. The van der Waals surface area contributed by atoms with Gasteiger partial charge in [0.15, 0.2) is 0 Å². The Morgan fingerprint density at radius 3 is 2.37 bits per heavy atom. The number of amides is 1. The first kappa shape index (κ1) is 19.7. The predicted molar refractivity (Wildman–Crippen MR) is 108 cm³/mol. The molecule has 1 heterocycles. The molecule has 0 aromatic heterocycles. The summed E-state index contributed by atoms with van der Waals surface area (Å²) in [6.07, 6.45) is 3.03. The molecule has 27 heavy (non-hydrogen) atoms. The van der Waals surface area contributed by atoms with Crippen molar-refractivity contribution >= 4 is 33.2 Å². The van der Waals surface area contributed by atoms with E-state index in [0.717, 1.165) is 30.4 Å². The first-order chi connectivity index (χ1) is 12.8. The molecule has 0 bridgehead atoms. The second-order valence-electron chi connectivity index (χ2n) is 6.89. The van der Waals surface area contributed by atoms with Gasteiger partial charge in [0.05, 0.1) is 16.1 Å². The Labute approximate surface area is 165 Å². The number of carbonyl (C=O) groups excluding carboxylic acids is 1. The molecular formula is C20H23ClN2O3S. The zero-order valence-electron chi connectivity index (χ0n) is 15.5. The second kappa shape index (κ2) is 7.90. The normalized spacial score (nSPS) is 14.9. The Morgan fingerprint density at radius 1 is 1.00 bits per heavy atom. The SMILES string of the molecule is Cc1ccc(S(=O)(=O)Nc2cc(Cl)ccc2C(=O)N2CCCCC2)cc1C. The van der Waals surface area contributed by atoms with Crippen molar-refractivity contribution in [2.75, 3.05) is 17.8 Å².